The lowest BCUT2D eigenvalue weighted by atomic mass is 10.2. The Balaban J connectivity index is 4.19. The molecule has 0 fully saturated rings. The number of carbonyl (C=O) groups is 1. The Labute approximate surface area is 66.0 Å². The molecule has 0 bridgehead atoms. The minimum Gasteiger partial charge on any atom is -0.429 e. The molecule has 62 valence electrons. The van der Waals surface area contributed by atoms with E-state index in [0.29, 0.717) is 0 Å². The van der Waals surface area contributed by atoms with Crippen LogP contribution in [-0.2, 0) is 9.53 Å². The highest BCUT2D eigenvalue weighted by Crippen LogP contribution is 2.13. The normalized spacial score (nSPS) is 14.7. The molecule has 1 unspecified atom stereocenters. The van der Waals surface area contributed by atoms with Gasteiger partial charge in [0.1, 0.15) is 0 Å². The Morgan fingerprint density at radius 3 is 2.55 bits per heavy atom. The lowest BCUT2D eigenvalue weighted by Crippen LogP contribution is -2.30. The van der Waals surface area contributed by atoms with Crippen LogP contribution in [0.3, 0.4) is 0 Å². The molecule has 0 aromatic carbocycles. The molecule has 0 aromatic heterocycles. The van der Waals surface area contributed by atoms with Crippen LogP contribution in [0.25, 0.3) is 0 Å². The third-order valence-corrected chi connectivity index (χ3v) is 1.08. The maximum absolute atomic E-state index is 10.4. The first-order valence-electron chi connectivity index (χ1n) is 3.20. The van der Waals surface area contributed by atoms with E-state index in [9.17, 15) is 9.90 Å². The Morgan fingerprint density at radius 2 is 2.27 bits per heavy atom. The second-order valence-electron chi connectivity index (χ2n) is 2.14. The molecule has 0 rings (SSSR count). The maximum Gasteiger partial charge on any atom is 0.305 e. The first-order chi connectivity index (χ1) is 5.04. The van der Waals surface area contributed by atoms with Crippen LogP contribution in [0.5, 0.6) is 0 Å². The smallest absolute Gasteiger partial charge is 0.305 e. The van der Waals surface area contributed by atoms with Crippen LogP contribution >= 0.6 is 0 Å². The van der Waals surface area contributed by atoms with E-state index >= 15 is 0 Å². The van der Waals surface area contributed by atoms with Crippen LogP contribution in [-0.4, -0.2) is 16.9 Å². The summed E-state index contributed by atoms with van der Waals surface area (Å²) in [4.78, 5) is 10.4. The average Bonchev–Trinajstić information content (AvgIpc) is 1.87. The first kappa shape index (κ1) is 9.91. The van der Waals surface area contributed by atoms with Crippen LogP contribution in [0.15, 0.2) is 25.3 Å². The molecular formula is C8H12O3. The molecule has 3 nitrogen and oxygen atoms in total. The Kier molecular flexibility index (Phi) is 3.54. The van der Waals surface area contributed by atoms with Gasteiger partial charge in [0.05, 0.1) is 0 Å². The number of ether oxygens (including phenoxy) is 1. The molecule has 1 atom stereocenters. The first-order valence-corrected chi connectivity index (χ1v) is 3.20. The number of carbonyl (C=O) groups excluding carboxylic acids is 1. The minimum atomic E-state index is -1.59. The molecule has 0 saturated heterocycles. The van der Waals surface area contributed by atoms with Crippen molar-refractivity contribution in [1.29, 1.82) is 0 Å². The van der Waals surface area contributed by atoms with Gasteiger partial charge < -0.3 is 9.84 Å². The Morgan fingerprint density at radius 1 is 1.73 bits per heavy atom. The van der Waals surface area contributed by atoms with Gasteiger partial charge in [-0.05, 0) is 6.08 Å². The summed E-state index contributed by atoms with van der Waals surface area (Å²) in [5.74, 6) is -2.14. The lowest BCUT2D eigenvalue weighted by molar-refractivity contribution is -0.186. The van der Waals surface area contributed by atoms with Crippen molar-refractivity contribution in [2.75, 3.05) is 0 Å². The largest absolute Gasteiger partial charge is 0.429 e. The van der Waals surface area contributed by atoms with Crippen LogP contribution in [0.4, 0.5) is 0 Å². The van der Waals surface area contributed by atoms with E-state index in [4.69, 9.17) is 0 Å². The van der Waals surface area contributed by atoms with E-state index in [1.807, 2.05) is 0 Å². The molecule has 0 aliphatic carbocycles. The summed E-state index contributed by atoms with van der Waals surface area (Å²) in [5, 5.41) is 9.36. The molecular weight excluding hydrogens is 144 g/mol. The van der Waals surface area contributed by atoms with Crippen LogP contribution < -0.4 is 0 Å². The van der Waals surface area contributed by atoms with Crippen LogP contribution in [0, 0.1) is 0 Å². The quantitative estimate of drug-likeness (QED) is 0.375. The Hall–Kier alpha value is -1.09. The van der Waals surface area contributed by atoms with Gasteiger partial charge in [-0.25, -0.2) is 0 Å². The number of esters is 1. The Bertz CT molecular complexity index is 174. The molecule has 0 aromatic rings. The van der Waals surface area contributed by atoms with E-state index in [2.05, 4.69) is 17.9 Å². The molecule has 0 aliphatic heterocycles. The summed E-state index contributed by atoms with van der Waals surface area (Å²) in [6, 6.07) is 0. The standard InChI is InChI=1S/C8H12O3/c1-4-6-8(10,5-2)11-7(3)9/h4-5,10H,1-2,6H2,3H3. The van der Waals surface area contributed by atoms with Gasteiger partial charge in [-0.3, -0.25) is 4.79 Å². The van der Waals surface area contributed by atoms with Gasteiger partial charge in [0.2, 0.25) is 5.79 Å². The molecule has 0 spiro atoms. The highest BCUT2D eigenvalue weighted by molar-refractivity contribution is 5.66. The van der Waals surface area contributed by atoms with Gasteiger partial charge >= 0.3 is 5.97 Å². The number of aliphatic hydroxyl groups is 1. The van der Waals surface area contributed by atoms with Gasteiger partial charge in [-0.2, -0.15) is 0 Å². The van der Waals surface area contributed by atoms with Crippen molar-refractivity contribution in [3.8, 4) is 0 Å². The highest BCUT2D eigenvalue weighted by Gasteiger charge is 2.23. The number of hydrogen-bond donors (Lipinski definition) is 1. The maximum atomic E-state index is 10.4. The van der Waals surface area contributed by atoms with Crippen molar-refractivity contribution in [3.05, 3.63) is 25.3 Å². The van der Waals surface area contributed by atoms with Gasteiger partial charge in [-0.1, -0.05) is 12.7 Å². The molecule has 3 heteroatoms. The van der Waals surface area contributed by atoms with Crippen molar-refractivity contribution in [2.45, 2.75) is 19.1 Å². The second-order valence-corrected chi connectivity index (χ2v) is 2.14. The van der Waals surface area contributed by atoms with Gasteiger partial charge in [0.25, 0.3) is 0 Å². The van der Waals surface area contributed by atoms with E-state index in [1.165, 1.54) is 13.0 Å². The number of rotatable bonds is 4. The zero-order chi connectivity index (χ0) is 8.91. The fourth-order valence-corrected chi connectivity index (χ4v) is 0.622. The van der Waals surface area contributed by atoms with Crippen molar-refractivity contribution in [1.82, 2.24) is 0 Å². The molecule has 0 saturated carbocycles. The van der Waals surface area contributed by atoms with Crippen molar-refractivity contribution in [3.63, 3.8) is 0 Å². The van der Waals surface area contributed by atoms with Crippen molar-refractivity contribution >= 4 is 5.97 Å². The van der Waals surface area contributed by atoms with Gasteiger partial charge in [0.15, 0.2) is 0 Å². The molecule has 0 amide bonds. The predicted molar refractivity (Wildman–Crippen MR) is 41.7 cm³/mol. The minimum absolute atomic E-state index is 0.149. The molecule has 0 aliphatic rings. The summed E-state index contributed by atoms with van der Waals surface area (Å²) < 4.78 is 4.55. The van der Waals surface area contributed by atoms with Crippen molar-refractivity contribution in [2.24, 2.45) is 0 Å². The third kappa shape index (κ3) is 3.57. The number of hydrogen-bond acceptors (Lipinski definition) is 3. The lowest BCUT2D eigenvalue weighted by Gasteiger charge is -2.21. The summed E-state index contributed by atoms with van der Waals surface area (Å²) in [5.41, 5.74) is 0. The molecule has 0 radical (unpaired) electrons. The SMILES string of the molecule is C=CCC(O)(C=C)OC(C)=O. The zero-order valence-corrected chi connectivity index (χ0v) is 6.54. The fraction of sp³-hybridized carbons (Fsp3) is 0.375. The van der Waals surface area contributed by atoms with E-state index < -0.39 is 11.8 Å². The zero-order valence-electron chi connectivity index (χ0n) is 6.54. The fourth-order valence-electron chi connectivity index (χ4n) is 0.622. The summed E-state index contributed by atoms with van der Waals surface area (Å²) in [6.45, 7) is 7.95. The van der Waals surface area contributed by atoms with Gasteiger partial charge in [0, 0.05) is 13.3 Å². The third-order valence-electron chi connectivity index (χ3n) is 1.08. The highest BCUT2D eigenvalue weighted by atomic mass is 16.7. The van der Waals surface area contributed by atoms with E-state index in [0.717, 1.165) is 6.08 Å². The van der Waals surface area contributed by atoms with Gasteiger partial charge in [-0.15, -0.1) is 6.58 Å². The molecule has 1 N–H and O–H groups in total. The molecule has 11 heavy (non-hydrogen) atoms. The summed E-state index contributed by atoms with van der Waals surface area (Å²) in [6.07, 6.45) is 2.76. The molecule has 0 heterocycles. The predicted octanol–water partition coefficient (Wildman–Crippen LogP) is 1.00. The second kappa shape index (κ2) is 3.93. The topological polar surface area (TPSA) is 46.5 Å². The van der Waals surface area contributed by atoms with E-state index in [-0.39, 0.29) is 6.42 Å². The monoisotopic (exact) mass is 156 g/mol. The van der Waals surface area contributed by atoms with Crippen LogP contribution in [0.2, 0.25) is 0 Å². The van der Waals surface area contributed by atoms with Crippen molar-refractivity contribution < 1.29 is 14.6 Å². The average molecular weight is 156 g/mol. The van der Waals surface area contributed by atoms with E-state index in [1.54, 1.807) is 0 Å². The summed E-state index contributed by atoms with van der Waals surface area (Å²) >= 11 is 0. The van der Waals surface area contributed by atoms with Crippen LogP contribution in [0.1, 0.15) is 13.3 Å². The summed E-state index contributed by atoms with van der Waals surface area (Å²) in [7, 11) is 0.